The van der Waals surface area contributed by atoms with Crippen molar-refractivity contribution in [3.63, 3.8) is 0 Å². The molecule has 1 N–H and O–H groups in total. The average molecular weight is 458 g/mol. The highest BCUT2D eigenvalue weighted by Gasteiger charge is 2.21. The number of nitrogens with zero attached hydrogens (tertiary/aromatic N) is 1. The molecule has 128 valence electrons. The summed E-state index contributed by atoms with van der Waals surface area (Å²) < 4.78 is 26.2. The third kappa shape index (κ3) is 5.20. The second-order valence-electron chi connectivity index (χ2n) is 5.45. The van der Waals surface area contributed by atoms with Gasteiger partial charge in [-0.25, -0.2) is 8.42 Å². The Labute approximate surface area is 156 Å². The van der Waals surface area contributed by atoms with E-state index in [4.69, 9.17) is 0 Å². The van der Waals surface area contributed by atoms with Gasteiger partial charge in [-0.15, -0.1) is 0 Å². The number of carbonyl (C=O) groups is 1. The molecule has 0 saturated heterocycles. The lowest BCUT2D eigenvalue weighted by Crippen LogP contribution is -2.41. The molecule has 2 aromatic rings. The van der Waals surface area contributed by atoms with Gasteiger partial charge in [0, 0.05) is 3.57 Å². The van der Waals surface area contributed by atoms with Crippen LogP contribution in [-0.2, 0) is 14.8 Å². The van der Waals surface area contributed by atoms with Crippen molar-refractivity contribution in [2.75, 3.05) is 17.1 Å². The maximum Gasteiger partial charge on any atom is 0.241 e. The van der Waals surface area contributed by atoms with Crippen LogP contribution in [0.25, 0.3) is 0 Å². The Balaban J connectivity index is 2.12. The number of hydrogen-bond acceptors (Lipinski definition) is 3. The third-order valence-corrected chi connectivity index (χ3v) is 5.34. The molecule has 0 aliphatic carbocycles. The van der Waals surface area contributed by atoms with Crippen LogP contribution in [0.4, 0.5) is 5.69 Å². The minimum atomic E-state index is -3.56. The van der Waals surface area contributed by atoms with Gasteiger partial charge >= 0.3 is 0 Å². The van der Waals surface area contributed by atoms with Gasteiger partial charge in [0.25, 0.3) is 0 Å². The molecular formula is C17H19IN2O3S. The molecule has 0 spiro atoms. The molecule has 1 atom stereocenters. The first-order valence-electron chi connectivity index (χ1n) is 7.35. The smallest absolute Gasteiger partial charge is 0.241 e. The van der Waals surface area contributed by atoms with Gasteiger partial charge in [-0.05, 0) is 59.3 Å². The number of rotatable bonds is 6. The lowest BCUT2D eigenvalue weighted by molar-refractivity contribution is -0.120. The molecule has 2 aromatic carbocycles. The second-order valence-corrected chi connectivity index (χ2v) is 8.60. The summed E-state index contributed by atoms with van der Waals surface area (Å²) in [4.78, 5) is 12.3. The van der Waals surface area contributed by atoms with Crippen LogP contribution in [-0.4, -0.2) is 27.1 Å². The summed E-state index contributed by atoms with van der Waals surface area (Å²) in [6.45, 7) is 1.61. The largest absolute Gasteiger partial charge is 0.348 e. The molecule has 7 heteroatoms. The SMILES string of the molecule is C[C@@H](NC(=O)CN(c1ccc(I)cc1)S(C)(=O)=O)c1ccccc1. The lowest BCUT2D eigenvalue weighted by atomic mass is 10.1. The predicted octanol–water partition coefficient (Wildman–Crippen LogP) is 2.93. The third-order valence-electron chi connectivity index (χ3n) is 3.48. The summed E-state index contributed by atoms with van der Waals surface area (Å²) in [6, 6.07) is 16.3. The summed E-state index contributed by atoms with van der Waals surface area (Å²) in [7, 11) is -3.56. The Morgan fingerprint density at radius 2 is 1.71 bits per heavy atom. The minimum absolute atomic E-state index is 0.197. The number of carbonyl (C=O) groups excluding carboxylic acids is 1. The van der Waals surface area contributed by atoms with Gasteiger partial charge in [0.1, 0.15) is 6.54 Å². The van der Waals surface area contributed by atoms with Crippen LogP contribution in [0.1, 0.15) is 18.5 Å². The minimum Gasteiger partial charge on any atom is -0.348 e. The van der Waals surface area contributed by atoms with Gasteiger partial charge in [0.05, 0.1) is 18.0 Å². The summed E-state index contributed by atoms with van der Waals surface area (Å²) in [5, 5.41) is 2.83. The molecule has 0 aromatic heterocycles. The molecule has 0 fully saturated rings. The molecule has 0 radical (unpaired) electrons. The van der Waals surface area contributed by atoms with Crippen LogP contribution < -0.4 is 9.62 Å². The fourth-order valence-electron chi connectivity index (χ4n) is 2.25. The van der Waals surface area contributed by atoms with E-state index in [-0.39, 0.29) is 18.5 Å². The van der Waals surface area contributed by atoms with Crippen LogP contribution in [0.2, 0.25) is 0 Å². The van der Waals surface area contributed by atoms with Gasteiger partial charge in [-0.3, -0.25) is 9.10 Å². The van der Waals surface area contributed by atoms with E-state index in [1.54, 1.807) is 24.3 Å². The summed E-state index contributed by atoms with van der Waals surface area (Å²) in [5.41, 5.74) is 1.44. The van der Waals surface area contributed by atoms with E-state index in [9.17, 15) is 13.2 Å². The fourth-order valence-corrected chi connectivity index (χ4v) is 3.47. The first-order valence-corrected chi connectivity index (χ1v) is 10.3. The van der Waals surface area contributed by atoms with Crippen LogP contribution >= 0.6 is 22.6 Å². The van der Waals surface area contributed by atoms with Gasteiger partial charge in [-0.2, -0.15) is 0 Å². The zero-order valence-corrected chi connectivity index (χ0v) is 16.4. The zero-order valence-electron chi connectivity index (χ0n) is 13.4. The van der Waals surface area contributed by atoms with Gasteiger partial charge in [0.2, 0.25) is 15.9 Å². The molecule has 1 amide bonds. The molecule has 0 aliphatic heterocycles. The predicted molar refractivity (Wildman–Crippen MR) is 104 cm³/mol. The molecule has 2 rings (SSSR count). The Bertz CT molecular complexity index is 792. The van der Waals surface area contributed by atoms with E-state index in [2.05, 4.69) is 27.9 Å². The van der Waals surface area contributed by atoms with E-state index < -0.39 is 10.0 Å². The number of nitrogens with one attached hydrogen (secondary N) is 1. The number of anilines is 1. The average Bonchev–Trinajstić information content (AvgIpc) is 2.53. The van der Waals surface area contributed by atoms with E-state index in [1.165, 1.54) is 0 Å². The molecule has 0 unspecified atom stereocenters. The standard InChI is InChI=1S/C17H19IN2O3S/c1-13(14-6-4-3-5-7-14)19-17(21)12-20(24(2,22)23)16-10-8-15(18)9-11-16/h3-11,13H,12H2,1-2H3,(H,19,21)/t13-/m1/s1. The summed E-state index contributed by atoms with van der Waals surface area (Å²) >= 11 is 2.14. The second kappa shape index (κ2) is 7.98. The number of halogens is 1. The van der Waals surface area contributed by atoms with Gasteiger partial charge in [-0.1, -0.05) is 30.3 Å². The number of sulfonamides is 1. The first kappa shape index (κ1) is 18.7. The highest BCUT2D eigenvalue weighted by molar-refractivity contribution is 14.1. The van der Waals surface area contributed by atoms with E-state index in [0.717, 1.165) is 19.7 Å². The van der Waals surface area contributed by atoms with Crippen molar-refractivity contribution in [2.24, 2.45) is 0 Å². The quantitative estimate of drug-likeness (QED) is 0.678. The number of hydrogen-bond donors (Lipinski definition) is 1. The van der Waals surface area contributed by atoms with Gasteiger partial charge < -0.3 is 5.32 Å². The lowest BCUT2D eigenvalue weighted by Gasteiger charge is -2.23. The fraction of sp³-hybridized carbons (Fsp3) is 0.235. The summed E-state index contributed by atoms with van der Waals surface area (Å²) in [6.07, 6.45) is 1.10. The molecule has 24 heavy (non-hydrogen) atoms. The van der Waals surface area contributed by atoms with Crippen molar-refractivity contribution in [3.8, 4) is 0 Å². The highest BCUT2D eigenvalue weighted by atomic mass is 127. The normalized spacial score (nSPS) is 12.5. The van der Waals surface area contributed by atoms with Crippen molar-refractivity contribution in [1.82, 2.24) is 5.32 Å². The van der Waals surface area contributed by atoms with Crippen LogP contribution in [0.3, 0.4) is 0 Å². The summed E-state index contributed by atoms with van der Waals surface area (Å²) in [5.74, 6) is -0.352. The molecule has 0 saturated carbocycles. The van der Waals surface area contributed by atoms with Crippen molar-refractivity contribution in [1.29, 1.82) is 0 Å². The Morgan fingerprint density at radius 3 is 2.25 bits per heavy atom. The van der Waals surface area contributed by atoms with Crippen LogP contribution in [0, 0.1) is 3.57 Å². The van der Waals surface area contributed by atoms with E-state index >= 15 is 0 Å². The monoisotopic (exact) mass is 458 g/mol. The van der Waals surface area contributed by atoms with Crippen LogP contribution in [0.5, 0.6) is 0 Å². The number of benzene rings is 2. The van der Waals surface area contributed by atoms with E-state index in [1.807, 2.05) is 37.3 Å². The Kier molecular flexibility index (Phi) is 6.22. The molecule has 0 heterocycles. The van der Waals surface area contributed by atoms with E-state index in [0.29, 0.717) is 5.69 Å². The topological polar surface area (TPSA) is 66.5 Å². The maximum absolute atomic E-state index is 12.3. The van der Waals surface area contributed by atoms with Crippen molar-refractivity contribution >= 4 is 44.2 Å². The van der Waals surface area contributed by atoms with Crippen molar-refractivity contribution in [2.45, 2.75) is 13.0 Å². The first-order chi connectivity index (χ1) is 11.3. The van der Waals surface area contributed by atoms with Crippen molar-refractivity contribution < 1.29 is 13.2 Å². The highest BCUT2D eigenvalue weighted by Crippen LogP contribution is 2.19. The van der Waals surface area contributed by atoms with Crippen LogP contribution in [0.15, 0.2) is 54.6 Å². The Morgan fingerprint density at radius 1 is 1.12 bits per heavy atom. The molecule has 5 nitrogen and oxygen atoms in total. The molecule has 0 aliphatic rings. The molecule has 0 bridgehead atoms. The van der Waals surface area contributed by atoms with Crippen molar-refractivity contribution in [3.05, 3.63) is 63.7 Å². The van der Waals surface area contributed by atoms with Gasteiger partial charge in [0.15, 0.2) is 0 Å². The molecular weight excluding hydrogens is 439 g/mol. The Hall–Kier alpha value is -1.61. The maximum atomic E-state index is 12.3. The zero-order chi connectivity index (χ0) is 17.7. The number of amides is 1.